The second-order valence-corrected chi connectivity index (χ2v) is 23.7. The number of nitrogens with two attached hydrogens (primary N) is 1. The van der Waals surface area contributed by atoms with Gasteiger partial charge < -0.3 is 49.6 Å². The van der Waals surface area contributed by atoms with Crippen LogP contribution >= 0.6 is 66.6 Å². The molecule has 0 bridgehead atoms. The lowest BCUT2D eigenvalue weighted by Gasteiger charge is -2.22. The van der Waals surface area contributed by atoms with E-state index in [2.05, 4.69) is 30.8 Å². The van der Waals surface area contributed by atoms with Crippen molar-refractivity contribution in [2.24, 2.45) is 5.73 Å². The second-order valence-electron chi connectivity index (χ2n) is 13.6. The monoisotopic (exact) mass is 1070 g/mol. The predicted octanol–water partition coefficient (Wildman–Crippen LogP) is 4.21. The van der Waals surface area contributed by atoms with E-state index in [1.807, 2.05) is 32.2 Å². The summed E-state index contributed by atoms with van der Waals surface area (Å²) in [5.41, 5.74) is 5.32. The largest absolute Gasteiger partial charge is 0.490 e. The molecule has 0 spiro atoms. The molecule has 1 fully saturated rings. The van der Waals surface area contributed by atoms with Gasteiger partial charge >= 0.3 is 41.1 Å². The van der Waals surface area contributed by atoms with Crippen molar-refractivity contribution in [1.82, 2.24) is 14.9 Å². The number of carbonyl (C=O) groups is 3. The number of hydrogen-bond acceptors (Lipinski definition) is 20. The Morgan fingerprint density at radius 2 is 1.58 bits per heavy atom. The smallest absolute Gasteiger partial charge is 0.460 e. The summed E-state index contributed by atoms with van der Waals surface area (Å²) in [5.74, 6) is 3.86. The van der Waals surface area contributed by atoms with Crippen LogP contribution in [0.25, 0.3) is 0 Å². The van der Waals surface area contributed by atoms with Crippen LogP contribution < -0.4 is 22.3 Å². The number of aromatic amines is 1. The lowest BCUT2D eigenvalue weighted by Crippen LogP contribution is -2.34. The van der Waals surface area contributed by atoms with Gasteiger partial charge in [0, 0.05) is 35.4 Å². The summed E-state index contributed by atoms with van der Waals surface area (Å²) in [6, 6.07) is 13.6. The van der Waals surface area contributed by atoms with Crippen molar-refractivity contribution in [2.45, 2.75) is 49.2 Å². The molecular weight excluding hydrogens is 1030 g/mol. The molecule has 8 N–H and O–H groups in total. The first-order valence-corrected chi connectivity index (χ1v) is 29.0. The SMILES string of the molecule is CSSC(C)c1ccccc1C(=O)OC1C[C@H](n2cc(C#CCNC(=O)COCCOC(=O)c3ccccc3C(C)SSCCN)c(=O)[nH]c2=O)O[C@@H]1COP(=O)(O)OP(=O)(O)OP(=O)(O)O. The van der Waals surface area contributed by atoms with Crippen molar-refractivity contribution in [1.29, 1.82) is 0 Å². The Kier molecular flexibility index (Phi) is 22.4. The van der Waals surface area contributed by atoms with E-state index >= 15 is 0 Å². The van der Waals surface area contributed by atoms with E-state index in [0.29, 0.717) is 17.7 Å². The van der Waals surface area contributed by atoms with Gasteiger partial charge in [0.15, 0.2) is 0 Å². The summed E-state index contributed by atoms with van der Waals surface area (Å²) in [4.78, 5) is 104. The van der Waals surface area contributed by atoms with Crippen LogP contribution in [0.1, 0.15) is 74.4 Å². The van der Waals surface area contributed by atoms with E-state index in [1.54, 1.807) is 51.9 Å². The van der Waals surface area contributed by atoms with E-state index in [-0.39, 0.29) is 47.8 Å². The molecule has 0 aliphatic carbocycles. The molecule has 0 radical (unpaired) electrons. The summed E-state index contributed by atoms with van der Waals surface area (Å²) in [7, 11) is -11.1. The first-order valence-electron chi connectivity index (χ1n) is 19.5. The molecule has 1 saturated heterocycles. The molecular formula is C37H47N4O19P3S4. The molecule has 2 heterocycles. The summed E-state index contributed by atoms with van der Waals surface area (Å²) < 4.78 is 71.0. The topological polar surface area (TPSA) is 341 Å². The van der Waals surface area contributed by atoms with E-state index in [1.165, 1.54) is 27.7 Å². The molecule has 23 nitrogen and oxygen atoms in total. The highest BCUT2D eigenvalue weighted by Gasteiger charge is 2.44. The minimum atomic E-state index is -5.89. The molecule has 3 aromatic rings. The van der Waals surface area contributed by atoms with Crippen molar-refractivity contribution < 1.29 is 79.7 Å². The van der Waals surface area contributed by atoms with Gasteiger partial charge in [-0.15, -0.1) is 0 Å². The number of phosphoric acid groups is 3. The zero-order valence-corrected chi connectivity index (χ0v) is 41.6. The molecule has 5 unspecified atom stereocenters. The Morgan fingerprint density at radius 1 is 0.940 bits per heavy atom. The van der Waals surface area contributed by atoms with Gasteiger partial charge in [0.25, 0.3) is 5.56 Å². The summed E-state index contributed by atoms with van der Waals surface area (Å²) >= 11 is 0. The number of ether oxygens (including phenoxy) is 4. The zero-order valence-electron chi connectivity index (χ0n) is 35.7. The number of nitrogens with one attached hydrogen (secondary N) is 2. The summed E-state index contributed by atoms with van der Waals surface area (Å²) in [5, 5.41) is 2.28. The van der Waals surface area contributed by atoms with E-state index in [4.69, 9.17) is 39.0 Å². The van der Waals surface area contributed by atoms with Crippen LogP contribution in [0.4, 0.5) is 0 Å². The Morgan fingerprint density at radius 3 is 2.22 bits per heavy atom. The number of rotatable bonds is 25. The fourth-order valence-electron chi connectivity index (χ4n) is 5.90. The maximum Gasteiger partial charge on any atom is 0.490 e. The number of amides is 1. The van der Waals surface area contributed by atoms with Crippen LogP contribution in [-0.2, 0) is 50.6 Å². The number of H-pyrrole nitrogens is 1. The number of hydrogen-bond donors (Lipinski definition) is 7. The first-order chi connectivity index (χ1) is 31.6. The van der Waals surface area contributed by atoms with Crippen LogP contribution in [-0.4, -0.2) is 111 Å². The van der Waals surface area contributed by atoms with Gasteiger partial charge in [0.1, 0.15) is 37.2 Å². The number of aromatic nitrogens is 2. The second kappa shape index (κ2) is 26.7. The molecule has 4 rings (SSSR count). The Hall–Kier alpha value is -3.22. The van der Waals surface area contributed by atoms with Crippen LogP contribution in [0.5, 0.6) is 0 Å². The first kappa shape index (κ1) is 56.4. The fraction of sp³-hybridized carbons (Fsp3) is 0.432. The normalized spacial score (nSPS) is 18.7. The Balaban J connectivity index is 1.39. The van der Waals surface area contributed by atoms with E-state index in [0.717, 1.165) is 22.1 Å². The maximum absolute atomic E-state index is 13.6. The van der Waals surface area contributed by atoms with Crippen LogP contribution in [0.2, 0.25) is 0 Å². The van der Waals surface area contributed by atoms with Crippen molar-refractivity contribution >= 4 is 84.5 Å². The quantitative estimate of drug-likeness (QED) is 0.0205. The highest BCUT2D eigenvalue weighted by atomic mass is 33.1. The molecule has 1 aliphatic heterocycles. The number of nitrogens with zero attached hydrogens (tertiary/aromatic N) is 1. The van der Waals surface area contributed by atoms with Crippen molar-refractivity contribution in [3.63, 3.8) is 0 Å². The minimum absolute atomic E-state index is 0.00262. The molecule has 7 atom stereocenters. The van der Waals surface area contributed by atoms with Gasteiger partial charge in [0.05, 0.1) is 30.9 Å². The third kappa shape index (κ3) is 18.6. The molecule has 2 aromatic carbocycles. The summed E-state index contributed by atoms with van der Waals surface area (Å²) in [6.45, 7) is 2.41. The highest BCUT2D eigenvalue weighted by molar-refractivity contribution is 8.77. The molecule has 368 valence electrons. The number of carbonyl (C=O) groups excluding carboxylic acids is 3. The van der Waals surface area contributed by atoms with Crippen LogP contribution in [0, 0.1) is 11.8 Å². The highest BCUT2D eigenvalue weighted by Crippen LogP contribution is 2.66. The number of esters is 2. The van der Waals surface area contributed by atoms with Gasteiger partial charge in [-0.1, -0.05) is 91.4 Å². The lowest BCUT2D eigenvalue weighted by atomic mass is 10.0. The third-order valence-corrected chi connectivity index (χ3v) is 17.6. The van der Waals surface area contributed by atoms with Gasteiger partial charge in [-0.2, -0.15) is 8.62 Å². The van der Waals surface area contributed by atoms with Crippen LogP contribution in [0.3, 0.4) is 0 Å². The molecule has 1 aliphatic rings. The zero-order chi connectivity index (χ0) is 49.4. The number of benzene rings is 2. The Bertz CT molecular complexity index is 2540. The van der Waals surface area contributed by atoms with Gasteiger partial charge in [-0.05, 0) is 43.4 Å². The van der Waals surface area contributed by atoms with Gasteiger partial charge in [-0.25, -0.2) is 28.1 Å². The molecule has 0 saturated carbocycles. The van der Waals surface area contributed by atoms with Crippen molar-refractivity contribution in [2.75, 3.05) is 51.5 Å². The number of phosphoric ester groups is 1. The average molecular weight is 1070 g/mol. The predicted molar refractivity (Wildman–Crippen MR) is 250 cm³/mol. The van der Waals surface area contributed by atoms with E-state index < -0.39 is 84.2 Å². The average Bonchev–Trinajstić information content (AvgIpc) is 3.65. The van der Waals surface area contributed by atoms with Crippen molar-refractivity contribution in [3.05, 3.63) is 103 Å². The fourth-order valence-corrected chi connectivity index (χ4v) is 12.9. The minimum Gasteiger partial charge on any atom is -0.460 e. The third-order valence-electron chi connectivity index (χ3n) is 8.72. The molecule has 30 heteroatoms. The van der Waals surface area contributed by atoms with Gasteiger partial charge in [0.2, 0.25) is 5.91 Å². The molecule has 67 heavy (non-hydrogen) atoms. The van der Waals surface area contributed by atoms with Crippen LogP contribution in [0.15, 0.2) is 64.3 Å². The van der Waals surface area contributed by atoms with E-state index in [9.17, 15) is 47.5 Å². The lowest BCUT2D eigenvalue weighted by molar-refractivity contribution is -0.125. The maximum atomic E-state index is 13.6. The standard InChI is InChI=1S/C37H47N4O19P3S4/c1-23(66-64-3)26-10-5-7-13-29(26)36(45)58-30-19-33(57-31(30)21-56-62(50,51)60-63(52,53)59-61(47,48)49)41-20-25(34(43)40-37(41)46)9-8-15-39-32(42)22-54-16-17-55-35(44)28-12-6-4-11-27(28)24(2)67-65-18-14-38/h4-7,10-13,20,23-24,30-31,33H,14-19,21-22,38H2,1-3H3,(H,39,42)(H,50,51)(H,52,53)(H,40,43,46)(H2,47,48,49)/t23?,24?,30?,31-,33-/m1/s1. The Labute approximate surface area is 398 Å². The molecule has 1 amide bonds. The summed E-state index contributed by atoms with van der Waals surface area (Å²) in [6.07, 6.45) is -1.75. The molecule has 1 aromatic heterocycles. The van der Waals surface area contributed by atoms with Crippen molar-refractivity contribution in [3.8, 4) is 11.8 Å². The van der Waals surface area contributed by atoms with Gasteiger partial charge in [-0.3, -0.25) is 23.7 Å².